The highest BCUT2D eigenvalue weighted by molar-refractivity contribution is 5.94. The van der Waals surface area contributed by atoms with E-state index in [2.05, 4.69) is 45.2 Å². The molecule has 0 bridgehead atoms. The van der Waals surface area contributed by atoms with Gasteiger partial charge in [-0.2, -0.15) is 0 Å². The minimum absolute atomic E-state index is 0.159. The van der Waals surface area contributed by atoms with Crippen LogP contribution in [0, 0.1) is 5.92 Å². The average Bonchev–Trinajstić information content (AvgIpc) is 3.30. The van der Waals surface area contributed by atoms with E-state index in [1.807, 2.05) is 23.1 Å². The van der Waals surface area contributed by atoms with Gasteiger partial charge in [-0.3, -0.25) is 9.69 Å². The second-order valence-electron chi connectivity index (χ2n) is 9.46. The van der Waals surface area contributed by atoms with Gasteiger partial charge in [-0.25, -0.2) is 4.98 Å². The first-order chi connectivity index (χ1) is 15.8. The Bertz CT molecular complexity index is 991. The van der Waals surface area contributed by atoms with E-state index >= 15 is 0 Å². The summed E-state index contributed by atoms with van der Waals surface area (Å²) < 4.78 is 0. The van der Waals surface area contributed by atoms with Crippen LogP contribution in [0.4, 0.5) is 5.82 Å². The molecule has 1 saturated heterocycles. The van der Waals surface area contributed by atoms with E-state index in [0.29, 0.717) is 12.5 Å². The van der Waals surface area contributed by atoms with Crippen molar-refractivity contribution < 1.29 is 4.79 Å². The van der Waals surface area contributed by atoms with Gasteiger partial charge < -0.3 is 9.88 Å². The maximum absolute atomic E-state index is 13.4. The number of rotatable bonds is 6. The van der Waals surface area contributed by atoms with Gasteiger partial charge in [-0.1, -0.05) is 43.5 Å². The standard InChI is InChI=1S/C27H34N4O/c32-27(21-9-2-1-3-10-21)31(26-14-6-7-15-28-26)18-17-30-16-8-12-23(20-30)25-19-22-11-4-5-13-24(22)29-25/h4-7,11,13-15,19,21,23,29H,1-3,8-10,12,16-18,20H2. The number of aromatic amines is 1. The molecular weight excluding hydrogens is 396 g/mol. The summed E-state index contributed by atoms with van der Waals surface area (Å²) >= 11 is 0. The summed E-state index contributed by atoms with van der Waals surface area (Å²) in [4.78, 5) is 26.1. The number of fused-ring (bicyclic) bond motifs is 1. The number of para-hydroxylation sites is 1. The molecule has 0 radical (unpaired) electrons. The van der Waals surface area contributed by atoms with Gasteiger partial charge in [0.05, 0.1) is 0 Å². The highest BCUT2D eigenvalue weighted by Crippen LogP contribution is 2.30. The Hall–Kier alpha value is -2.66. The zero-order valence-electron chi connectivity index (χ0n) is 18.9. The van der Waals surface area contributed by atoms with Gasteiger partial charge in [-0.05, 0) is 61.9 Å². The van der Waals surface area contributed by atoms with Crippen LogP contribution in [0.1, 0.15) is 56.6 Å². The Balaban J connectivity index is 1.26. The third-order valence-electron chi connectivity index (χ3n) is 7.28. The lowest BCUT2D eigenvalue weighted by Crippen LogP contribution is -2.44. The number of hydrogen-bond acceptors (Lipinski definition) is 3. The third-order valence-corrected chi connectivity index (χ3v) is 7.28. The zero-order chi connectivity index (χ0) is 21.8. The fraction of sp³-hybridized carbons (Fsp3) is 0.481. The lowest BCUT2D eigenvalue weighted by Gasteiger charge is -2.35. The number of H-pyrrole nitrogens is 1. The normalized spacial score (nSPS) is 20.4. The molecule has 32 heavy (non-hydrogen) atoms. The number of amides is 1. The molecule has 1 atom stereocenters. The third kappa shape index (κ3) is 4.73. The summed E-state index contributed by atoms with van der Waals surface area (Å²) in [7, 11) is 0. The lowest BCUT2D eigenvalue weighted by atomic mass is 9.88. The predicted molar refractivity (Wildman–Crippen MR) is 130 cm³/mol. The van der Waals surface area contributed by atoms with E-state index < -0.39 is 0 Å². The summed E-state index contributed by atoms with van der Waals surface area (Å²) in [5.41, 5.74) is 2.56. The number of aromatic nitrogens is 2. The van der Waals surface area contributed by atoms with Crippen LogP contribution in [0.2, 0.25) is 0 Å². The van der Waals surface area contributed by atoms with Gasteiger partial charge in [0, 0.05) is 48.9 Å². The van der Waals surface area contributed by atoms with E-state index in [9.17, 15) is 4.79 Å². The molecule has 1 saturated carbocycles. The topological polar surface area (TPSA) is 52.2 Å². The molecule has 2 aromatic heterocycles. The Labute approximate surface area is 190 Å². The lowest BCUT2D eigenvalue weighted by molar-refractivity contribution is -0.123. The van der Waals surface area contributed by atoms with Crippen LogP contribution in [-0.2, 0) is 4.79 Å². The molecule has 1 aliphatic heterocycles. The summed E-state index contributed by atoms with van der Waals surface area (Å²) in [6, 6.07) is 16.7. The highest BCUT2D eigenvalue weighted by atomic mass is 16.2. The van der Waals surface area contributed by atoms with Crippen molar-refractivity contribution in [3.63, 3.8) is 0 Å². The number of pyridine rings is 1. The van der Waals surface area contributed by atoms with Gasteiger partial charge in [0.25, 0.3) is 0 Å². The molecule has 5 rings (SSSR count). The number of anilines is 1. The molecule has 2 aliphatic rings. The zero-order valence-corrected chi connectivity index (χ0v) is 18.9. The summed E-state index contributed by atoms with van der Waals surface area (Å²) in [6.45, 7) is 3.75. The number of carbonyl (C=O) groups is 1. The van der Waals surface area contributed by atoms with Crippen molar-refractivity contribution in [2.24, 2.45) is 5.92 Å². The van der Waals surface area contributed by atoms with Crippen LogP contribution in [0.15, 0.2) is 54.7 Å². The minimum Gasteiger partial charge on any atom is -0.358 e. The van der Waals surface area contributed by atoms with Gasteiger partial charge in [-0.15, -0.1) is 0 Å². The van der Waals surface area contributed by atoms with Crippen molar-refractivity contribution in [2.75, 3.05) is 31.1 Å². The maximum Gasteiger partial charge on any atom is 0.231 e. The van der Waals surface area contributed by atoms with Crippen molar-refractivity contribution in [3.05, 3.63) is 60.4 Å². The van der Waals surface area contributed by atoms with Gasteiger partial charge in [0.2, 0.25) is 5.91 Å². The molecule has 2 fully saturated rings. The Kier molecular flexibility index (Phi) is 6.54. The van der Waals surface area contributed by atoms with E-state index in [4.69, 9.17) is 0 Å². The quantitative estimate of drug-likeness (QED) is 0.573. The van der Waals surface area contributed by atoms with Crippen molar-refractivity contribution in [3.8, 4) is 0 Å². The largest absolute Gasteiger partial charge is 0.358 e. The van der Waals surface area contributed by atoms with E-state index in [1.165, 1.54) is 48.7 Å². The number of benzene rings is 1. The monoisotopic (exact) mass is 430 g/mol. The molecule has 5 heteroatoms. The fourth-order valence-corrected chi connectivity index (χ4v) is 5.49. The second-order valence-corrected chi connectivity index (χ2v) is 9.46. The Morgan fingerprint density at radius 3 is 2.69 bits per heavy atom. The summed E-state index contributed by atoms with van der Waals surface area (Å²) in [6.07, 6.45) is 9.85. The molecule has 3 aromatic rings. The van der Waals surface area contributed by atoms with Gasteiger partial charge >= 0.3 is 0 Å². The Morgan fingerprint density at radius 2 is 1.88 bits per heavy atom. The van der Waals surface area contributed by atoms with E-state index in [1.54, 1.807) is 6.20 Å². The first kappa shape index (κ1) is 21.2. The van der Waals surface area contributed by atoms with Crippen LogP contribution in [0.5, 0.6) is 0 Å². The van der Waals surface area contributed by atoms with Crippen molar-refractivity contribution in [2.45, 2.75) is 50.9 Å². The predicted octanol–water partition coefficient (Wildman–Crippen LogP) is 5.36. The molecule has 1 amide bonds. The molecule has 168 valence electrons. The van der Waals surface area contributed by atoms with Gasteiger partial charge in [0.1, 0.15) is 5.82 Å². The SMILES string of the molecule is O=C(C1CCCCC1)N(CCN1CCCC(c2cc3ccccc3[nH]2)C1)c1ccccn1. The molecule has 3 heterocycles. The molecule has 0 spiro atoms. The Morgan fingerprint density at radius 1 is 1.03 bits per heavy atom. The number of piperidine rings is 1. The van der Waals surface area contributed by atoms with Crippen LogP contribution in [0.3, 0.4) is 0 Å². The highest BCUT2D eigenvalue weighted by Gasteiger charge is 2.29. The first-order valence-corrected chi connectivity index (χ1v) is 12.3. The van der Waals surface area contributed by atoms with E-state index in [-0.39, 0.29) is 11.8 Å². The van der Waals surface area contributed by atoms with Crippen molar-refractivity contribution >= 4 is 22.6 Å². The van der Waals surface area contributed by atoms with E-state index in [0.717, 1.165) is 38.3 Å². The van der Waals surface area contributed by atoms with Crippen molar-refractivity contribution in [1.82, 2.24) is 14.9 Å². The molecular formula is C27H34N4O. The van der Waals surface area contributed by atoms with Crippen LogP contribution in [0.25, 0.3) is 10.9 Å². The van der Waals surface area contributed by atoms with Crippen LogP contribution < -0.4 is 4.90 Å². The summed E-state index contributed by atoms with van der Waals surface area (Å²) in [5.74, 6) is 1.75. The first-order valence-electron chi connectivity index (χ1n) is 12.3. The van der Waals surface area contributed by atoms with Crippen LogP contribution in [-0.4, -0.2) is 47.0 Å². The molecule has 1 aromatic carbocycles. The molecule has 1 N–H and O–H groups in total. The number of carbonyl (C=O) groups excluding carboxylic acids is 1. The smallest absolute Gasteiger partial charge is 0.231 e. The fourth-order valence-electron chi connectivity index (χ4n) is 5.49. The number of likely N-dealkylation sites (tertiary alicyclic amines) is 1. The number of nitrogens with one attached hydrogen (secondary N) is 1. The van der Waals surface area contributed by atoms with Gasteiger partial charge in [0.15, 0.2) is 0 Å². The van der Waals surface area contributed by atoms with Crippen molar-refractivity contribution in [1.29, 1.82) is 0 Å². The maximum atomic E-state index is 13.4. The van der Waals surface area contributed by atoms with Crippen LogP contribution >= 0.6 is 0 Å². The molecule has 1 aliphatic carbocycles. The molecule has 1 unspecified atom stereocenters. The average molecular weight is 431 g/mol. The molecule has 5 nitrogen and oxygen atoms in total. The minimum atomic E-state index is 0.159. The number of nitrogens with zero attached hydrogens (tertiary/aromatic N) is 3. The second kappa shape index (κ2) is 9.86. The summed E-state index contributed by atoms with van der Waals surface area (Å²) in [5, 5.41) is 1.29. The number of hydrogen-bond donors (Lipinski definition) is 1.